The van der Waals surface area contributed by atoms with E-state index in [0.29, 0.717) is 5.25 Å². The van der Waals surface area contributed by atoms with Crippen LogP contribution in [0.15, 0.2) is 58.7 Å². The smallest absolute Gasteiger partial charge is 0.195 e. The highest BCUT2D eigenvalue weighted by Gasteiger charge is 2.22. The van der Waals surface area contributed by atoms with Crippen LogP contribution in [0.2, 0.25) is 0 Å². The van der Waals surface area contributed by atoms with E-state index in [1.165, 1.54) is 10.5 Å². The number of rotatable bonds is 3. The van der Waals surface area contributed by atoms with Gasteiger partial charge >= 0.3 is 0 Å². The lowest BCUT2D eigenvalue weighted by atomic mass is 10.1. The van der Waals surface area contributed by atoms with Crippen molar-refractivity contribution in [3.63, 3.8) is 0 Å². The van der Waals surface area contributed by atoms with E-state index in [9.17, 15) is 0 Å². The second kappa shape index (κ2) is 5.14. The third-order valence-electron chi connectivity index (χ3n) is 3.39. The normalized spacial score (nSPS) is 17.5. The molecule has 3 aromatic rings. The summed E-state index contributed by atoms with van der Waals surface area (Å²) in [5.74, 6) is 1.06. The fourth-order valence-corrected chi connectivity index (χ4v) is 4.84. The van der Waals surface area contributed by atoms with Crippen LogP contribution in [-0.4, -0.2) is 25.6 Å². The van der Waals surface area contributed by atoms with E-state index in [-0.39, 0.29) is 0 Å². The van der Waals surface area contributed by atoms with E-state index >= 15 is 0 Å². The first-order chi connectivity index (χ1) is 9.90. The second-order valence-corrected chi connectivity index (χ2v) is 7.10. The summed E-state index contributed by atoms with van der Waals surface area (Å²) in [6, 6.07) is 14.7. The van der Waals surface area contributed by atoms with Crippen LogP contribution in [0, 0.1) is 0 Å². The molecule has 0 saturated heterocycles. The van der Waals surface area contributed by atoms with Gasteiger partial charge in [0.1, 0.15) is 0 Å². The minimum atomic E-state index is 0.633. The lowest BCUT2D eigenvalue weighted by Crippen LogP contribution is -2.04. The minimum Gasteiger partial charge on any atom is -0.277 e. The molecule has 1 aromatic carbocycles. The zero-order chi connectivity index (χ0) is 13.4. The predicted molar refractivity (Wildman–Crippen MR) is 83.5 cm³/mol. The highest BCUT2D eigenvalue weighted by molar-refractivity contribution is 8.03. The van der Waals surface area contributed by atoms with E-state index in [1.807, 2.05) is 36.2 Å². The SMILES string of the molecule is c1ccc2c(c1)CC(CSc1nnc3ccccn13)S2. The number of aromatic nitrogens is 3. The summed E-state index contributed by atoms with van der Waals surface area (Å²) < 4.78 is 2.05. The molecule has 0 spiro atoms. The second-order valence-electron chi connectivity index (χ2n) is 4.77. The molecule has 20 heavy (non-hydrogen) atoms. The van der Waals surface area contributed by atoms with Crippen LogP contribution in [0.5, 0.6) is 0 Å². The first-order valence-corrected chi connectivity index (χ1v) is 8.44. The third-order valence-corrected chi connectivity index (χ3v) is 6.03. The van der Waals surface area contributed by atoms with Gasteiger partial charge in [-0.1, -0.05) is 36.0 Å². The molecule has 100 valence electrons. The number of benzene rings is 1. The first kappa shape index (κ1) is 12.3. The molecule has 0 saturated carbocycles. The van der Waals surface area contributed by atoms with Gasteiger partial charge in [-0.3, -0.25) is 4.40 Å². The van der Waals surface area contributed by atoms with Crippen molar-refractivity contribution < 1.29 is 0 Å². The molecule has 1 atom stereocenters. The number of fused-ring (bicyclic) bond motifs is 2. The lowest BCUT2D eigenvalue weighted by Gasteiger charge is -2.06. The summed E-state index contributed by atoms with van der Waals surface area (Å²) in [6.45, 7) is 0. The van der Waals surface area contributed by atoms with Gasteiger partial charge in [-0.05, 0) is 30.2 Å². The van der Waals surface area contributed by atoms with Gasteiger partial charge in [0.25, 0.3) is 0 Å². The molecule has 5 heteroatoms. The van der Waals surface area contributed by atoms with Crippen LogP contribution in [0.4, 0.5) is 0 Å². The first-order valence-electron chi connectivity index (χ1n) is 6.57. The fraction of sp³-hybridized carbons (Fsp3) is 0.200. The average molecular weight is 299 g/mol. The van der Waals surface area contributed by atoms with E-state index < -0.39 is 0 Å². The molecule has 3 heterocycles. The molecule has 3 nitrogen and oxygen atoms in total. The summed E-state index contributed by atoms with van der Waals surface area (Å²) in [7, 11) is 0. The Morgan fingerprint density at radius 2 is 2.05 bits per heavy atom. The van der Waals surface area contributed by atoms with Gasteiger partial charge in [0.15, 0.2) is 10.8 Å². The number of pyridine rings is 1. The molecule has 0 fully saturated rings. The zero-order valence-corrected chi connectivity index (χ0v) is 12.4. The van der Waals surface area contributed by atoms with Crippen LogP contribution in [0.1, 0.15) is 5.56 Å². The number of hydrogen-bond donors (Lipinski definition) is 0. The molecule has 0 amide bonds. The predicted octanol–water partition coefficient (Wildman–Crippen LogP) is 3.54. The van der Waals surface area contributed by atoms with Gasteiger partial charge in [-0.25, -0.2) is 0 Å². The highest BCUT2D eigenvalue weighted by Crippen LogP contribution is 2.38. The molecule has 0 radical (unpaired) electrons. The van der Waals surface area contributed by atoms with Crippen LogP contribution in [0.3, 0.4) is 0 Å². The Balaban J connectivity index is 1.47. The Bertz CT molecular complexity index is 728. The summed E-state index contributed by atoms with van der Waals surface area (Å²) in [5.41, 5.74) is 2.39. The standard InChI is InChI=1S/C15H13N3S2/c1-2-6-13-11(5-1)9-12(20-13)10-19-15-17-16-14-7-3-4-8-18(14)15/h1-8,12H,9-10H2. The fourth-order valence-electron chi connectivity index (χ4n) is 2.43. The van der Waals surface area contributed by atoms with Crippen molar-refractivity contribution >= 4 is 29.2 Å². The van der Waals surface area contributed by atoms with Crippen LogP contribution >= 0.6 is 23.5 Å². The molecule has 2 aromatic heterocycles. The van der Waals surface area contributed by atoms with Gasteiger partial charge in [0, 0.05) is 22.1 Å². The minimum absolute atomic E-state index is 0.633. The van der Waals surface area contributed by atoms with Crippen LogP contribution in [0.25, 0.3) is 5.65 Å². The third kappa shape index (κ3) is 2.21. The van der Waals surface area contributed by atoms with E-state index in [1.54, 1.807) is 11.8 Å². The van der Waals surface area contributed by atoms with Crippen LogP contribution in [-0.2, 0) is 6.42 Å². The largest absolute Gasteiger partial charge is 0.277 e. The van der Waals surface area contributed by atoms with E-state index in [2.05, 4.69) is 38.9 Å². The van der Waals surface area contributed by atoms with Crippen molar-refractivity contribution in [1.82, 2.24) is 14.6 Å². The van der Waals surface area contributed by atoms with Crippen molar-refractivity contribution in [3.8, 4) is 0 Å². The van der Waals surface area contributed by atoms with Crippen molar-refractivity contribution in [2.24, 2.45) is 0 Å². The Morgan fingerprint density at radius 1 is 1.15 bits per heavy atom. The summed E-state index contributed by atoms with van der Waals surface area (Å²) in [5, 5.41) is 10.1. The summed E-state index contributed by atoms with van der Waals surface area (Å²) in [6.07, 6.45) is 3.18. The topological polar surface area (TPSA) is 30.2 Å². The van der Waals surface area contributed by atoms with Gasteiger partial charge < -0.3 is 0 Å². The van der Waals surface area contributed by atoms with Gasteiger partial charge in [0.2, 0.25) is 0 Å². The number of hydrogen-bond acceptors (Lipinski definition) is 4. The van der Waals surface area contributed by atoms with Gasteiger partial charge in [-0.15, -0.1) is 22.0 Å². The lowest BCUT2D eigenvalue weighted by molar-refractivity contribution is 0.911. The Labute approximate surface area is 125 Å². The number of nitrogens with zero attached hydrogens (tertiary/aromatic N) is 3. The maximum atomic E-state index is 4.27. The number of thioether (sulfide) groups is 2. The molecule has 1 aliphatic rings. The van der Waals surface area contributed by atoms with Gasteiger partial charge in [-0.2, -0.15) is 0 Å². The van der Waals surface area contributed by atoms with Crippen molar-refractivity contribution in [3.05, 3.63) is 54.2 Å². The van der Waals surface area contributed by atoms with Crippen molar-refractivity contribution in [2.75, 3.05) is 5.75 Å². The van der Waals surface area contributed by atoms with E-state index in [4.69, 9.17) is 0 Å². The maximum absolute atomic E-state index is 4.27. The summed E-state index contributed by atoms with van der Waals surface area (Å²) >= 11 is 3.78. The van der Waals surface area contributed by atoms with Gasteiger partial charge in [0.05, 0.1) is 0 Å². The summed E-state index contributed by atoms with van der Waals surface area (Å²) in [4.78, 5) is 1.43. The van der Waals surface area contributed by atoms with E-state index in [0.717, 1.165) is 23.0 Å². The molecule has 1 aliphatic heterocycles. The molecule has 1 unspecified atom stereocenters. The van der Waals surface area contributed by atoms with Crippen LogP contribution < -0.4 is 0 Å². The van der Waals surface area contributed by atoms with Crippen molar-refractivity contribution in [1.29, 1.82) is 0 Å². The highest BCUT2D eigenvalue weighted by atomic mass is 32.2. The molecule has 0 aliphatic carbocycles. The Kier molecular flexibility index (Phi) is 3.16. The molecule has 4 rings (SSSR count). The zero-order valence-electron chi connectivity index (χ0n) is 10.8. The maximum Gasteiger partial charge on any atom is 0.195 e. The molecule has 0 N–H and O–H groups in total. The quantitative estimate of drug-likeness (QED) is 0.692. The Hall–Kier alpha value is -1.46. The Morgan fingerprint density at radius 3 is 3.00 bits per heavy atom. The average Bonchev–Trinajstić information content (AvgIpc) is 3.08. The molecule has 0 bridgehead atoms. The molecular weight excluding hydrogens is 286 g/mol. The molecular formula is C15H13N3S2. The monoisotopic (exact) mass is 299 g/mol. The van der Waals surface area contributed by atoms with Crippen molar-refractivity contribution in [2.45, 2.75) is 21.7 Å².